The number of carbonyl (C=O) groups excluding carboxylic acids is 3. The summed E-state index contributed by atoms with van der Waals surface area (Å²) in [4.78, 5) is 37.6. The molecule has 29 heavy (non-hydrogen) atoms. The Morgan fingerprint density at radius 3 is 1.97 bits per heavy atom. The molecule has 0 spiro atoms. The topological polar surface area (TPSA) is 84.5 Å². The fourth-order valence-corrected chi connectivity index (χ4v) is 4.07. The first-order chi connectivity index (χ1) is 13.7. The van der Waals surface area contributed by atoms with Crippen LogP contribution < -0.4 is 10.6 Å². The van der Waals surface area contributed by atoms with Gasteiger partial charge in [0.25, 0.3) is 0 Å². The van der Waals surface area contributed by atoms with Gasteiger partial charge >= 0.3 is 5.97 Å². The number of hydrogen-bond donors (Lipinski definition) is 2. The van der Waals surface area contributed by atoms with E-state index in [4.69, 9.17) is 4.74 Å². The van der Waals surface area contributed by atoms with Crippen molar-refractivity contribution in [1.82, 2.24) is 10.6 Å². The lowest BCUT2D eigenvalue weighted by Crippen LogP contribution is -2.56. The van der Waals surface area contributed by atoms with Gasteiger partial charge in [0, 0.05) is 5.92 Å². The molecule has 2 amide bonds. The second kappa shape index (κ2) is 12.9. The first-order valence-electron chi connectivity index (χ1n) is 11.4. The summed E-state index contributed by atoms with van der Waals surface area (Å²) in [7, 11) is 1.31. The smallest absolute Gasteiger partial charge is 0.328 e. The maximum absolute atomic E-state index is 12.8. The van der Waals surface area contributed by atoms with E-state index in [2.05, 4.69) is 17.6 Å². The molecule has 0 aromatic rings. The van der Waals surface area contributed by atoms with E-state index in [1.54, 1.807) is 0 Å². The van der Waals surface area contributed by atoms with E-state index < -0.39 is 18.1 Å². The maximum atomic E-state index is 12.8. The lowest BCUT2D eigenvalue weighted by atomic mass is 9.79. The Bertz CT molecular complexity index is 525. The third kappa shape index (κ3) is 8.35. The van der Waals surface area contributed by atoms with Gasteiger partial charge < -0.3 is 15.4 Å². The standard InChI is InChI=1S/C23H42N2O4/c1-7-8-9-10-17-11-13-18(14-12-17)21(26)24-19(15(2)3)22(27)25-20(16(4)5)23(28)29-6/h15-20H,7-14H2,1-6H3,(H,24,26)(H,25,27). The highest BCUT2D eigenvalue weighted by atomic mass is 16.5. The summed E-state index contributed by atoms with van der Waals surface area (Å²) in [5.41, 5.74) is 0. The number of unbranched alkanes of at least 4 members (excludes halogenated alkanes) is 2. The van der Waals surface area contributed by atoms with E-state index in [0.717, 1.165) is 31.6 Å². The molecule has 2 N–H and O–H groups in total. The first kappa shape index (κ1) is 25.4. The molecule has 1 fully saturated rings. The van der Waals surface area contributed by atoms with Gasteiger partial charge in [0.1, 0.15) is 12.1 Å². The van der Waals surface area contributed by atoms with E-state index in [1.165, 1.54) is 32.8 Å². The van der Waals surface area contributed by atoms with E-state index >= 15 is 0 Å². The summed E-state index contributed by atoms with van der Waals surface area (Å²) in [5.74, 6) is -0.290. The van der Waals surface area contributed by atoms with Crippen LogP contribution in [0.1, 0.15) is 86.0 Å². The summed E-state index contributed by atoms with van der Waals surface area (Å²) in [5, 5.41) is 5.72. The second-order valence-electron chi connectivity index (χ2n) is 9.20. The number of rotatable bonds is 11. The maximum Gasteiger partial charge on any atom is 0.328 e. The van der Waals surface area contributed by atoms with Crippen molar-refractivity contribution in [3.63, 3.8) is 0 Å². The molecule has 0 aromatic heterocycles. The molecule has 2 unspecified atom stereocenters. The molecule has 0 aliphatic heterocycles. The highest BCUT2D eigenvalue weighted by Crippen LogP contribution is 2.32. The molecule has 0 saturated heterocycles. The molecule has 168 valence electrons. The third-order valence-electron chi connectivity index (χ3n) is 6.10. The molecule has 1 aliphatic rings. The zero-order valence-electron chi connectivity index (χ0n) is 19.3. The van der Waals surface area contributed by atoms with Crippen LogP contribution >= 0.6 is 0 Å². The Labute approximate surface area is 176 Å². The van der Waals surface area contributed by atoms with Crippen LogP contribution in [0.3, 0.4) is 0 Å². The summed E-state index contributed by atoms with van der Waals surface area (Å²) in [6.45, 7) is 9.72. The van der Waals surface area contributed by atoms with Crippen molar-refractivity contribution in [1.29, 1.82) is 0 Å². The summed E-state index contributed by atoms with van der Waals surface area (Å²) in [6.07, 6.45) is 9.06. The molecule has 1 saturated carbocycles. The van der Waals surface area contributed by atoms with Gasteiger partial charge in [-0.1, -0.05) is 60.3 Å². The number of carbonyl (C=O) groups is 3. The molecule has 0 heterocycles. The lowest BCUT2D eigenvalue weighted by Gasteiger charge is -2.30. The summed E-state index contributed by atoms with van der Waals surface area (Å²) >= 11 is 0. The van der Waals surface area contributed by atoms with Crippen molar-refractivity contribution in [3.8, 4) is 0 Å². The fourth-order valence-electron chi connectivity index (χ4n) is 4.07. The van der Waals surface area contributed by atoms with Gasteiger partial charge in [-0.25, -0.2) is 4.79 Å². The Morgan fingerprint density at radius 2 is 1.48 bits per heavy atom. The summed E-state index contributed by atoms with van der Waals surface area (Å²) in [6, 6.07) is -1.38. The first-order valence-corrected chi connectivity index (χ1v) is 11.4. The number of methoxy groups -OCH3 is 1. The van der Waals surface area contributed by atoms with Crippen molar-refractivity contribution >= 4 is 17.8 Å². The van der Waals surface area contributed by atoms with Crippen LogP contribution in [0.2, 0.25) is 0 Å². The zero-order chi connectivity index (χ0) is 22.0. The number of nitrogens with one attached hydrogen (secondary N) is 2. The van der Waals surface area contributed by atoms with Crippen LogP contribution in [0.25, 0.3) is 0 Å². The third-order valence-corrected chi connectivity index (χ3v) is 6.10. The molecule has 0 aromatic carbocycles. The molecule has 0 radical (unpaired) electrons. The quantitative estimate of drug-likeness (QED) is 0.400. The minimum Gasteiger partial charge on any atom is -0.467 e. The van der Waals surface area contributed by atoms with Crippen LogP contribution in [0.15, 0.2) is 0 Å². The summed E-state index contributed by atoms with van der Waals surface area (Å²) < 4.78 is 4.80. The highest BCUT2D eigenvalue weighted by Gasteiger charge is 2.33. The molecule has 1 aliphatic carbocycles. The molecule has 2 atom stereocenters. The minimum absolute atomic E-state index is 0.0204. The van der Waals surface area contributed by atoms with Crippen molar-refractivity contribution in [2.75, 3.05) is 7.11 Å². The van der Waals surface area contributed by atoms with Crippen LogP contribution in [0.4, 0.5) is 0 Å². The molecule has 0 bridgehead atoms. The number of amides is 2. The Morgan fingerprint density at radius 1 is 0.897 bits per heavy atom. The van der Waals surface area contributed by atoms with Crippen molar-refractivity contribution in [2.45, 2.75) is 98.1 Å². The van der Waals surface area contributed by atoms with Gasteiger partial charge in [-0.3, -0.25) is 9.59 Å². The van der Waals surface area contributed by atoms with Gasteiger partial charge in [0.05, 0.1) is 7.11 Å². The molecule has 6 nitrogen and oxygen atoms in total. The van der Waals surface area contributed by atoms with Crippen LogP contribution in [0, 0.1) is 23.7 Å². The highest BCUT2D eigenvalue weighted by molar-refractivity contribution is 5.91. The molecule has 6 heteroatoms. The average molecular weight is 411 g/mol. The van der Waals surface area contributed by atoms with Gasteiger partial charge in [-0.2, -0.15) is 0 Å². The largest absolute Gasteiger partial charge is 0.467 e. The number of ether oxygens (including phenoxy) is 1. The fraction of sp³-hybridized carbons (Fsp3) is 0.870. The van der Waals surface area contributed by atoms with Crippen molar-refractivity contribution in [2.24, 2.45) is 23.7 Å². The lowest BCUT2D eigenvalue weighted by molar-refractivity contribution is -0.147. The predicted octanol–water partition coefficient (Wildman–Crippen LogP) is 3.83. The van der Waals surface area contributed by atoms with Crippen LogP contribution in [-0.4, -0.2) is 37.0 Å². The van der Waals surface area contributed by atoms with E-state index in [-0.39, 0.29) is 29.6 Å². The van der Waals surface area contributed by atoms with Crippen molar-refractivity contribution in [3.05, 3.63) is 0 Å². The predicted molar refractivity (Wildman–Crippen MR) is 115 cm³/mol. The van der Waals surface area contributed by atoms with Crippen LogP contribution in [-0.2, 0) is 19.1 Å². The van der Waals surface area contributed by atoms with Gasteiger partial charge in [0.2, 0.25) is 11.8 Å². The van der Waals surface area contributed by atoms with Crippen LogP contribution in [0.5, 0.6) is 0 Å². The zero-order valence-corrected chi connectivity index (χ0v) is 19.3. The van der Waals surface area contributed by atoms with Gasteiger partial charge in [-0.15, -0.1) is 0 Å². The number of hydrogen-bond acceptors (Lipinski definition) is 4. The minimum atomic E-state index is -0.718. The molecular formula is C23H42N2O4. The number of esters is 1. The Kier molecular flexibility index (Phi) is 11.3. The SMILES string of the molecule is CCCCCC1CCC(C(=O)NC(C(=O)NC(C(=O)OC)C(C)C)C(C)C)CC1. The average Bonchev–Trinajstić information content (AvgIpc) is 2.69. The Balaban J connectivity index is 2.61. The normalized spacial score (nSPS) is 21.5. The monoisotopic (exact) mass is 410 g/mol. The van der Waals surface area contributed by atoms with Gasteiger partial charge in [0.15, 0.2) is 0 Å². The van der Waals surface area contributed by atoms with E-state index in [0.29, 0.717) is 0 Å². The molecular weight excluding hydrogens is 368 g/mol. The van der Waals surface area contributed by atoms with Crippen molar-refractivity contribution < 1.29 is 19.1 Å². The van der Waals surface area contributed by atoms with Gasteiger partial charge in [-0.05, 0) is 43.4 Å². The van der Waals surface area contributed by atoms with E-state index in [1.807, 2.05) is 27.7 Å². The van der Waals surface area contributed by atoms with E-state index in [9.17, 15) is 14.4 Å². The molecule has 1 rings (SSSR count). The Hall–Kier alpha value is -1.59. The second-order valence-corrected chi connectivity index (χ2v) is 9.20.